The number of nitrogens with zero attached hydrogens (tertiary/aromatic N) is 1. The van der Waals surface area contributed by atoms with Crippen LogP contribution < -0.4 is 4.74 Å². The molecule has 0 bridgehead atoms. The quantitative estimate of drug-likeness (QED) is 0.671. The van der Waals surface area contributed by atoms with Gasteiger partial charge in [-0.05, 0) is 90.9 Å². The molecule has 1 saturated carbocycles. The third kappa shape index (κ3) is 4.80. The summed E-state index contributed by atoms with van der Waals surface area (Å²) >= 11 is 0. The van der Waals surface area contributed by atoms with Gasteiger partial charge in [-0.15, -0.1) is 0 Å². The minimum atomic E-state index is -0.702. The molecule has 2 aromatic rings. The molecule has 2 aliphatic rings. The van der Waals surface area contributed by atoms with Gasteiger partial charge in [-0.2, -0.15) is 0 Å². The highest BCUT2D eigenvalue weighted by molar-refractivity contribution is 5.84. The van der Waals surface area contributed by atoms with Crippen LogP contribution >= 0.6 is 0 Å². The van der Waals surface area contributed by atoms with Crippen molar-refractivity contribution in [2.75, 3.05) is 6.54 Å². The summed E-state index contributed by atoms with van der Waals surface area (Å²) in [6.45, 7) is 8.60. The molecule has 1 heterocycles. The van der Waals surface area contributed by atoms with Crippen molar-refractivity contribution in [3.8, 4) is 5.75 Å². The highest BCUT2D eigenvalue weighted by atomic mass is 16.5. The second-order valence-electron chi connectivity index (χ2n) is 10.3. The van der Waals surface area contributed by atoms with Crippen molar-refractivity contribution in [2.45, 2.75) is 78.0 Å². The van der Waals surface area contributed by atoms with Crippen LogP contribution in [0.25, 0.3) is 10.8 Å². The first-order chi connectivity index (χ1) is 14.3. The molecule has 1 aliphatic carbocycles. The second-order valence-corrected chi connectivity index (χ2v) is 10.3. The van der Waals surface area contributed by atoms with Crippen LogP contribution in [-0.4, -0.2) is 34.7 Å². The Bertz CT molecular complexity index is 893. The van der Waals surface area contributed by atoms with E-state index in [2.05, 4.69) is 62.1 Å². The molecule has 4 nitrogen and oxygen atoms in total. The van der Waals surface area contributed by atoms with Gasteiger partial charge >= 0.3 is 5.97 Å². The average Bonchev–Trinajstić information content (AvgIpc) is 3.16. The average molecular weight is 410 g/mol. The first kappa shape index (κ1) is 21.2. The zero-order chi connectivity index (χ0) is 21.3. The van der Waals surface area contributed by atoms with Gasteiger partial charge in [0.05, 0.1) is 6.10 Å². The summed E-state index contributed by atoms with van der Waals surface area (Å²) in [5.74, 6) is 1.05. The lowest BCUT2D eigenvalue weighted by molar-refractivity contribution is -0.142. The van der Waals surface area contributed by atoms with Gasteiger partial charge in [0.2, 0.25) is 0 Å². The Morgan fingerprint density at radius 3 is 2.43 bits per heavy atom. The third-order valence-electron chi connectivity index (χ3n) is 7.11. The van der Waals surface area contributed by atoms with Gasteiger partial charge in [-0.1, -0.05) is 39.0 Å². The number of hydrogen-bond acceptors (Lipinski definition) is 3. The van der Waals surface area contributed by atoms with E-state index in [0.717, 1.165) is 43.9 Å². The number of hydrogen-bond donors (Lipinski definition) is 1. The maximum Gasteiger partial charge on any atom is 0.320 e. The summed E-state index contributed by atoms with van der Waals surface area (Å²) in [4.78, 5) is 13.5. The first-order valence-electron chi connectivity index (χ1n) is 11.5. The van der Waals surface area contributed by atoms with Gasteiger partial charge in [0.15, 0.2) is 0 Å². The lowest BCUT2D eigenvalue weighted by atomic mass is 9.72. The fourth-order valence-corrected chi connectivity index (χ4v) is 5.21. The molecule has 1 atom stereocenters. The first-order valence-corrected chi connectivity index (χ1v) is 11.5. The van der Waals surface area contributed by atoms with Gasteiger partial charge in [-0.3, -0.25) is 9.69 Å². The molecule has 162 valence electrons. The van der Waals surface area contributed by atoms with E-state index in [-0.39, 0.29) is 6.04 Å². The second kappa shape index (κ2) is 8.58. The highest BCUT2D eigenvalue weighted by Gasteiger charge is 2.31. The predicted octanol–water partition coefficient (Wildman–Crippen LogP) is 5.87. The van der Waals surface area contributed by atoms with Crippen LogP contribution in [0.5, 0.6) is 5.75 Å². The highest BCUT2D eigenvalue weighted by Crippen LogP contribution is 2.39. The van der Waals surface area contributed by atoms with Crippen LogP contribution in [-0.2, 0) is 11.3 Å². The van der Waals surface area contributed by atoms with Crippen LogP contribution in [0.15, 0.2) is 36.4 Å². The van der Waals surface area contributed by atoms with Gasteiger partial charge in [0.1, 0.15) is 11.8 Å². The SMILES string of the molecule is CC(C)(C)[C@H]1CC[C@H](Oc2ccc3cc(CN4CCCC4C(=O)O)ccc3c2)CC1. The van der Waals surface area contributed by atoms with Crippen molar-refractivity contribution >= 4 is 16.7 Å². The van der Waals surface area contributed by atoms with E-state index in [1.165, 1.54) is 29.2 Å². The van der Waals surface area contributed by atoms with E-state index >= 15 is 0 Å². The molecule has 1 aliphatic heterocycles. The summed E-state index contributed by atoms with van der Waals surface area (Å²) in [6.07, 6.45) is 6.81. The molecular formula is C26H35NO3. The predicted molar refractivity (Wildman–Crippen MR) is 121 cm³/mol. The minimum absolute atomic E-state index is 0.323. The molecule has 1 unspecified atom stereocenters. The fourth-order valence-electron chi connectivity index (χ4n) is 5.21. The number of rotatable bonds is 5. The Morgan fingerprint density at radius 1 is 1.03 bits per heavy atom. The molecule has 1 saturated heterocycles. The largest absolute Gasteiger partial charge is 0.490 e. The van der Waals surface area contributed by atoms with Crippen molar-refractivity contribution in [2.24, 2.45) is 11.3 Å². The van der Waals surface area contributed by atoms with Crippen molar-refractivity contribution in [1.82, 2.24) is 4.90 Å². The molecule has 30 heavy (non-hydrogen) atoms. The summed E-state index contributed by atoms with van der Waals surface area (Å²) in [7, 11) is 0. The van der Waals surface area contributed by atoms with E-state index in [1.807, 2.05) is 0 Å². The molecule has 0 spiro atoms. The monoisotopic (exact) mass is 409 g/mol. The van der Waals surface area contributed by atoms with Crippen LogP contribution in [0, 0.1) is 11.3 Å². The maximum atomic E-state index is 11.4. The Balaban J connectivity index is 1.39. The topological polar surface area (TPSA) is 49.8 Å². The molecule has 4 heteroatoms. The summed E-state index contributed by atoms with van der Waals surface area (Å²) < 4.78 is 6.33. The molecule has 2 fully saturated rings. The van der Waals surface area contributed by atoms with Crippen LogP contribution in [0.2, 0.25) is 0 Å². The van der Waals surface area contributed by atoms with E-state index in [9.17, 15) is 9.90 Å². The third-order valence-corrected chi connectivity index (χ3v) is 7.11. The number of carbonyl (C=O) groups is 1. The molecule has 4 rings (SSSR count). The van der Waals surface area contributed by atoms with E-state index in [4.69, 9.17) is 4.74 Å². The number of carboxylic acids is 1. The lowest BCUT2D eigenvalue weighted by Gasteiger charge is -2.37. The molecule has 1 N–H and O–H groups in total. The summed E-state index contributed by atoms with van der Waals surface area (Å²) in [5, 5.41) is 11.8. The standard InChI is InChI=1S/C26H35NO3/c1-26(2,3)21-9-12-22(13-10-21)30-23-11-8-19-15-18(6-7-20(19)16-23)17-27-14-4-5-24(27)25(28)29/h6-8,11,15-16,21-22,24H,4-5,9-10,12-14,17H2,1-3H3,(H,28,29)/t21-,22-,24?. The van der Waals surface area contributed by atoms with Crippen molar-refractivity contribution in [3.05, 3.63) is 42.0 Å². The molecule has 0 aromatic heterocycles. The zero-order valence-corrected chi connectivity index (χ0v) is 18.6. The van der Waals surface area contributed by atoms with E-state index in [0.29, 0.717) is 18.1 Å². The fraction of sp³-hybridized carbons (Fsp3) is 0.577. The number of benzene rings is 2. The Morgan fingerprint density at radius 2 is 1.73 bits per heavy atom. The number of aliphatic carboxylic acids is 1. The van der Waals surface area contributed by atoms with Crippen LogP contribution in [0.4, 0.5) is 0 Å². The van der Waals surface area contributed by atoms with Crippen molar-refractivity contribution < 1.29 is 14.6 Å². The summed E-state index contributed by atoms with van der Waals surface area (Å²) in [5.41, 5.74) is 1.57. The van der Waals surface area contributed by atoms with Crippen molar-refractivity contribution in [3.63, 3.8) is 0 Å². The maximum absolute atomic E-state index is 11.4. The molecule has 0 radical (unpaired) electrons. The van der Waals surface area contributed by atoms with Crippen LogP contribution in [0.1, 0.15) is 64.9 Å². The van der Waals surface area contributed by atoms with E-state index < -0.39 is 5.97 Å². The van der Waals surface area contributed by atoms with Crippen LogP contribution in [0.3, 0.4) is 0 Å². The van der Waals surface area contributed by atoms with Gasteiger partial charge in [0, 0.05) is 6.54 Å². The van der Waals surface area contributed by atoms with Gasteiger partial charge in [0.25, 0.3) is 0 Å². The Hall–Kier alpha value is -2.07. The van der Waals surface area contributed by atoms with Gasteiger partial charge in [-0.25, -0.2) is 0 Å². The summed E-state index contributed by atoms with van der Waals surface area (Å²) in [6, 6.07) is 12.5. The Labute approximate surface area is 180 Å². The molecule has 2 aromatic carbocycles. The van der Waals surface area contributed by atoms with Gasteiger partial charge < -0.3 is 9.84 Å². The minimum Gasteiger partial charge on any atom is -0.490 e. The number of likely N-dealkylation sites (tertiary alicyclic amines) is 1. The normalized spacial score (nSPS) is 25.5. The zero-order valence-electron chi connectivity index (χ0n) is 18.6. The lowest BCUT2D eigenvalue weighted by Crippen LogP contribution is -2.35. The number of fused-ring (bicyclic) bond motifs is 1. The van der Waals surface area contributed by atoms with Crippen molar-refractivity contribution in [1.29, 1.82) is 0 Å². The van der Waals surface area contributed by atoms with E-state index in [1.54, 1.807) is 0 Å². The number of carboxylic acid groups (broad SMARTS) is 1. The number of ether oxygens (including phenoxy) is 1. The molecular weight excluding hydrogens is 374 g/mol. The molecule has 0 amide bonds. The smallest absolute Gasteiger partial charge is 0.320 e. The Kier molecular flexibility index (Phi) is 6.06.